The van der Waals surface area contributed by atoms with Crippen LogP contribution in [-0.2, 0) is 0 Å². The topological polar surface area (TPSA) is 32.3 Å². The van der Waals surface area contributed by atoms with Crippen LogP contribution in [0, 0.1) is 0 Å². The molecule has 0 aliphatic heterocycles. The third-order valence-corrected chi connectivity index (χ3v) is 2.91. The molecule has 2 heteroatoms. The van der Waals surface area contributed by atoms with Gasteiger partial charge in [-0.15, -0.1) is 0 Å². The maximum atomic E-state index is 9.25. The molecular formula is C13H29NO. The predicted octanol–water partition coefficient (Wildman–Crippen LogP) is 3.45. The Hall–Kier alpha value is -0.0800. The number of aliphatic hydroxyl groups is 1. The lowest BCUT2D eigenvalue weighted by Crippen LogP contribution is -2.23. The Balaban J connectivity index is 2.92. The van der Waals surface area contributed by atoms with Crippen molar-refractivity contribution in [3.8, 4) is 0 Å². The van der Waals surface area contributed by atoms with E-state index in [1.54, 1.807) is 7.05 Å². The first-order chi connectivity index (χ1) is 7.31. The zero-order valence-electron chi connectivity index (χ0n) is 10.6. The van der Waals surface area contributed by atoms with Crippen molar-refractivity contribution in [2.24, 2.45) is 0 Å². The molecule has 0 fully saturated rings. The van der Waals surface area contributed by atoms with E-state index in [9.17, 15) is 5.11 Å². The second-order valence-corrected chi connectivity index (χ2v) is 4.42. The molecule has 0 saturated heterocycles. The van der Waals surface area contributed by atoms with Gasteiger partial charge in [-0.25, -0.2) is 0 Å². The second kappa shape index (κ2) is 12.0. The van der Waals surface area contributed by atoms with E-state index in [1.807, 2.05) is 0 Å². The molecule has 1 unspecified atom stereocenters. The molecule has 2 N–H and O–H groups in total. The molecule has 0 rings (SSSR count). The van der Waals surface area contributed by atoms with Gasteiger partial charge in [0, 0.05) is 0 Å². The number of hydrogen-bond acceptors (Lipinski definition) is 2. The molecule has 0 radical (unpaired) electrons. The van der Waals surface area contributed by atoms with E-state index in [0.717, 1.165) is 12.8 Å². The number of nitrogens with one attached hydrogen (secondary N) is 1. The molecular weight excluding hydrogens is 186 g/mol. The largest absolute Gasteiger partial charge is 0.379 e. The van der Waals surface area contributed by atoms with Gasteiger partial charge in [-0.05, 0) is 19.9 Å². The Bertz CT molecular complexity index is 117. The molecule has 0 aliphatic rings. The lowest BCUT2D eigenvalue weighted by molar-refractivity contribution is 0.133. The Morgan fingerprint density at radius 1 is 0.867 bits per heavy atom. The number of unbranched alkanes of at least 4 members (excludes halogenated alkanes) is 8. The summed E-state index contributed by atoms with van der Waals surface area (Å²) in [6.45, 7) is 2.26. The molecule has 1 atom stereocenters. The summed E-state index contributed by atoms with van der Waals surface area (Å²) in [6.07, 6.45) is 12.7. The van der Waals surface area contributed by atoms with Crippen molar-refractivity contribution in [1.29, 1.82) is 0 Å². The fourth-order valence-corrected chi connectivity index (χ4v) is 1.79. The van der Waals surface area contributed by atoms with Crippen LogP contribution in [0.2, 0.25) is 0 Å². The Kier molecular flexibility index (Phi) is 11.9. The van der Waals surface area contributed by atoms with Gasteiger partial charge in [0.25, 0.3) is 0 Å². The molecule has 0 bridgehead atoms. The van der Waals surface area contributed by atoms with E-state index in [2.05, 4.69) is 12.2 Å². The lowest BCUT2D eigenvalue weighted by Gasteiger charge is -2.08. The number of aliphatic hydroxyl groups excluding tert-OH is 1. The summed E-state index contributed by atoms with van der Waals surface area (Å²) in [6, 6.07) is 0. The predicted molar refractivity (Wildman–Crippen MR) is 66.9 cm³/mol. The van der Waals surface area contributed by atoms with Crippen molar-refractivity contribution in [3.63, 3.8) is 0 Å². The van der Waals surface area contributed by atoms with Crippen molar-refractivity contribution in [2.45, 2.75) is 77.4 Å². The van der Waals surface area contributed by atoms with E-state index in [4.69, 9.17) is 0 Å². The quantitative estimate of drug-likeness (QED) is 0.409. The minimum absolute atomic E-state index is 0.297. The van der Waals surface area contributed by atoms with Crippen LogP contribution in [0.15, 0.2) is 0 Å². The molecule has 0 spiro atoms. The van der Waals surface area contributed by atoms with Gasteiger partial charge < -0.3 is 5.11 Å². The SMILES string of the molecule is CCCCCCCCCCCC(O)NC. The molecule has 0 saturated carbocycles. The highest BCUT2D eigenvalue weighted by molar-refractivity contribution is 4.51. The molecule has 92 valence electrons. The summed E-state index contributed by atoms with van der Waals surface area (Å²) in [4.78, 5) is 0. The van der Waals surface area contributed by atoms with Gasteiger partial charge in [0.1, 0.15) is 6.23 Å². The monoisotopic (exact) mass is 215 g/mol. The standard InChI is InChI=1S/C13H29NO/c1-3-4-5-6-7-8-9-10-11-12-13(15)14-2/h13-15H,3-12H2,1-2H3. The maximum Gasteiger partial charge on any atom is 0.104 e. The van der Waals surface area contributed by atoms with Crippen LogP contribution >= 0.6 is 0 Å². The van der Waals surface area contributed by atoms with Gasteiger partial charge in [0.2, 0.25) is 0 Å². The molecule has 0 aromatic rings. The maximum absolute atomic E-state index is 9.25. The molecule has 0 heterocycles. The minimum atomic E-state index is -0.297. The summed E-state index contributed by atoms with van der Waals surface area (Å²) in [5.41, 5.74) is 0. The summed E-state index contributed by atoms with van der Waals surface area (Å²) in [5.74, 6) is 0. The highest BCUT2D eigenvalue weighted by atomic mass is 16.3. The highest BCUT2D eigenvalue weighted by Crippen LogP contribution is 2.10. The van der Waals surface area contributed by atoms with Gasteiger partial charge in [-0.2, -0.15) is 0 Å². The highest BCUT2D eigenvalue weighted by Gasteiger charge is 1.98. The van der Waals surface area contributed by atoms with Crippen LogP contribution < -0.4 is 5.32 Å². The van der Waals surface area contributed by atoms with E-state index in [-0.39, 0.29) is 6.23 Å². The van der Waals surface area contributed by atoms with Gasteiger partial charge in [-0.1, -0.05) is 58.3 Å². The summed E-state index contributed by atoms with van der Waals surface area (Å²) in [5, 5.41) is 12.1. The number of hydrogen-bond donors (Lipinski definition) is 2. The zero-order valence-corrected chi connectivity index (χ0v) is 10.6. The smallest absolute Gasteiger partial charge is 0.104 e. The van der Waals surface area contributed by atoms with Crippen molar-refractivity contribution in [3.05, 3.63) is 0 Å². The van der Waals surface area contributed by atoms with E-state index >= 15 is 0 Å². The van der Waals surface area contributed by atoms with Crippen molar-refractivity contribution < 1.29 is 5.11 Å². The van der Waals surface area contributed by atoms with Gasteiger partial charge in [0.15, 0.2) is 0 Å². The van der Waals surface area contributed by atoms with E-state index in [0.29, 0.717) is 0 Å². The third-order valence-electron chi connectivity index (χ3n) is 2.91. The molecule has 15 heavy (non-hydrogen) atoms. The van der Waals surface area contributed by atoms with E-state index < -0.39 is 0 Å². The Labute approximate surface area is 95.5 Å². The molecule has 2 nitrogen and oxygen atoms in total. The summed E-state index contributed by atoms with van der Waals surface area (Å²) >= 11 is 0. The van der Waals surface area contributed by atoms with Crippen molar-refractivity contribution >= 4 is 0 Å². The minimum Gasteiger partial charge on any atom is -0.379 e. The van der Waals surface area contributed by atoms with Gasteiger partial charge >= 0.3 is 0 Å². The first-order valence-electron chi connectivity index (χ1n) is 6.66. The van der Waals surface area contributed by atoms with Crippen LogP contribution in [0.25, 0.3) is 0 Å². The van der Waals surface area contributed by atoms with Crippen molar-refractivity contribution in [2.75, 3.05) is 7.05 Å². The fourth-order valence-electron chi connectivity index (χ4n) is 1.79. The zero-order chi connectivity index (χ0) is 11.4. The first-order valence-corrected chi connectivity index (χ1v) is 6.66. The van der Waals surface area contributed by atoms with Crippen molar-refractivity contribution in [1.82, 2.24) is 5.32 Å². The van der Waals surface area contributed by atoms with E-state index in [1.165, 1.54) is 51.4 Å². The molecule has 0 aromatic carbocycles. The Morgan fingerprint density at radius 3 is 1.80 bits per heavy atom. The third kappa shape index (κ3) is 11.8. The number of rotatable bonds is 11. The van der Waals surface area contributed by atoms with Crippen LogP contribution in [0.4, 0.5) is 0 Å². The summed E-state index contributed by atoms with van der Waals surface area (Å²) < 4.78 is 0. The molecule has 0 aliphatic carbocycles. The van der Waals surface area contributed by atoms with Crippen LogP contribution in [-0.4, -0.2) is 18.4 Å². The molecule has 0 aromatic heterocycles. The summed E-state index contributed by atoms with van der Waals surface area (Å²) in [7, 11) is 1.80. The average molecular weight is 215 g/mol. The van der Waals surface area contributed by atoms with Gasteiger partial charge in [-0.3, -0.25) is 5.32 Å². The van der Waals surface area contributed by atoms with Gasteiger partial charge in [0.05, 0.1) is 0 Å². The van der Waals surface area contributed by atoms with Crippen LogP contribution in [0.5, 0.6) is 0 Å². The first kappa shape index (κ1) is 14.9. The van der Waals surface area contributed by atoms with Crippen LogP contribution in [0.1, 0.15) is 71.1 Å². The second-order valence-electron chi connectivity index (χ2n) is 4.42. The lowest BCUT2D eigenvalue weighted by atomic mass is 10.1. The fraction of sp³-hybridized carbons (Fsp3) is 1.00. The Morgan fingerprint density at radius 2 is 1.33 bits per heavy atom. The normalized spacial score (nSPS) is 13.0. The van der Waals surface area contributed by atoms with Crippen LogP contribution in [0.3, 0.4) is 0 Å². The average Bonchev–Trinajstić information content (AvgIpc) is 2.26. The molecule has 0 amide bonds.